The number of piperidine rings is 1. The Kier molecular flexibility index (Phi) is 5.64. The smallest absolute Gasteiger partial charge is 0.253 e. The van der Waals surface area contributed by atoms with Crippen LogP contribution >= 0.6 is 22.9 Å². The van der Waals surface area contributed by atoms with Crippen molar-refractivity contribution < 1.29 is 8.94 Å². The van der Waals surface area contributed by atoms with Crippen molar-refractivity contribution in [3.8, 4) is 22.7 Å². The van der Waals surface area contributed by atoms with Crippen LogP contribution in [0.5, 0.6) is 0 Å². The third kappa shape index (κ3) is 4.13. The first-order valence-electron chi connectivity index (χ1n) is 11.3. The molecule has 0 N–H and O–H groups in total. The van der Waals surface area contributed by atoms with Crippen molar-refractivity contribution in [2.75, 3.05) is 13.1 Å². The maximum Gasteiger partial charge on any atom is 0.253 e. The molecule has 0 saturated carbocycles. The zero-order valence-electron chi connectivity index (χ0n) is 18.6. The highest BCUT2D eigenvalue weighted by Crippen LogP contribution is 2.36. The summed E-state index contributed by atoms with van der Waals surface area (Å²) in [5.41, 5.74) is 3.41. The molecule has 1 fully saturated rings. The monoisotopic (exact) mass is 491 g/mol. The summed E-state index contributed by atoms with van der Waals surface area (Å²) in [5, 5.41) is 14.8. The molecule has 0 radical (unpaired) electrons. The van der Waals surface area contributed by atoms with E-state index < -0.39 is 0 Å². The summed E-state index contributed by atoms with van der Waals surface area (Å²) in [5.74, 6) is 2.17. The van der Waals surface area contributed by atoms with Crippen LogP contribution in [0.3, 0.4) is 0 Å². The molecule has 0 atom stereocenters. The fourth-order valence-corrected chi connectivity index (χ4v) is 5.74. The van der Waals surface area contributed by atoms with E-state index in [-0.39, 0.29) is 0 Å². The van der Waals surface area contributed by atoms with Gasteiger partial charge in [0.1, 0.15) is 17.0 Å². The molecule has 5 aromatic rings. The predicted octanol–water partition coefficient (Wildman–Crippen LogP) is 6.34. The molecule has 2 aromatic carbocycles. The van der Waals surface area contributed by atoms with Crippen molar-refractivity contribution in [2.45, 2.75) is 32.2 Å². The summed E-state index contributed by atoms with van der Waals surface area (Å²) in [4.78, 5) is 7.20. The molecule has 0 bridgehead atoms. The average molecular weight is 492 g/mol. The fraction of sp³-hybridized carbons (Fsp3) is 0.280. The van der Waals surface area contributed by atoms with E-state index in [1.54, 1.807) is 11.3 Å². The number of hydrogen-bond donors (Lipinski definition) is 0. The molecule has 34 heavy (non-hydrogen) atoms. The highest BCUT2D eigenvalue weighted by atomic mass is 35.5. The second-order valence-electron chi connectivity index (χ2n) is 8.54. The van der Waals surface area contributed by atoms with Crippen molar-refractivity contribution in [2.24, 2.45) is 0 Å². The Balaban J connectivity index is 1.13. The average Bonchev–Trinajstić information content (AvgIpc) is 3.58. The van der Waals surface area contributed by atoms with Crippen LogP contribution in [0.15, 0.2) is 57.5 Å². The Morgan fingerprint density at radius 3 is 2.74 bits per heavy atom. The molecule has 6 rings (SSSR count). The van der Waals surface area contributed by atoms with Gasteiger partial charge in [-0.1, -0.05) is 47.1 Å². The third-order valence-electron chi connectivity index (χ3n) is 6.25. The second kappa shape index (κ2) is 8.94. The minimum atomic E-state index is 0.440. The van der Waals surface area contributed by atoms with Gasteiger partial charge in [0.05, 0.1) is 21.8 Å². The molecule has 0 aliphatic carbocycles. The van der Waals surface area contributed by atoms with Crippen LogP contribution in [-0.2, 0) is 6.54 Å². The van der Waals surface area contributed by atoms with Crippen LogP contribution in [0.1, 0.15) is 35.4 Å². The van der Waals surface area contributed by atoms with Crippen molar-refractivity contribution >= 4 is 33.2 Å². The zero-order chi connectivity index (χ0) is 23.1. The quantitative estimate of drug-likeness (QED) is 0.283. The molecule has 172 valence electrons. The van der Waals surface area contributed by atoms with Crippen LogP contribution in [0, 0.1) is 6.92 Å². The minimum Gasteiger partial charge on any atom is -0.419 e. The van der Waals surface area contributed by atoms with Crippen molar-refractivity contribution in [3.05, 3.63) is 70.2 Å². The Bertz CT molecular complexity index is 1440. The number of aryl methyl sites for hydroxylation is 1. The summed E-state index contributed by atoms with van der Waals surface area (Å²) < 4.78 is 12.7. The minimum absolute atomic E-state index is 0.440. The zero-order valence-corrected chi connectivity index (χ0v) is 20.1. The molecule has 0 amide bonds. The van der Waals surface area contributed by atoms with Gasteiger partial charge < -0.3 is 8.94 Å². The SMILES string of the molecule is Cc1onc(-c2ccccc2)c1-c1nnc(CN2CCC(c3nc4cc(Cl)ccc4s3)CC2)o1. The first-order valence-corrected chi connectivity index (χ1v) is 12.5. The van der Waals surface area contributed by atoms with Crippen LogP contribution in [0.4, 0.5) is 0 Å². The lowest BCUT2D eigenvalue weighted by Gasteiger charge is -2.29. The number of likely N-dealkylation sites (tertiary alicyclic amines) is 1. The van der Waals surface area contributed by atoms with E-state index in [0.29, 0.717) is 35.7 Å². The van der Waals surface area contributed by atoms with Crippen molar-refractivity contribution in [1.29, 1.82) is 0 Å². The van der Waals surface area contributed by atoms with E-state index in [4.69, 9.17) is 25.5 Å². The maximum atomic E-state index is 6.12. The first kappa shape index (κ1) is 21.5. The Hall–Kier alpha value is -3.07. The maximum absolute atomic E-state index is 6.12. The van der Waals surface area contributed by atoms with E-state index in [9.17, 15) is 0 Å². The van der Waals surface area contributed by atoms with Gasteiger partial charge in [-0.25, -0.2) is 4.98 Å². The molecular weight excluding hydrogens is 470 g/mol. The number of thiazole rings is 1. The molecule has 1 aliphatic heterocycles. The van der Waals surface area contributed by atoms with E-state index in [1.807, 2.05) is 49.4 Å². The van der Waals surface area contributed by atoms with Gasteiger partial charge in [-0.05, 0) is 51.1 Å². The fourth-order valence-electron chi connectivity index (χ4n) is 4.46. The number of nitrogens with zero attached hydrogens (tertiary/aromatic N) is 5. The lowest BCUT2D eigenvalue weighted by Crippen LogP contribution is -2.32. The topological polar surface area (TPSA) is 81.1 Å². The summed E-state index contributed by atoms with van der Waals surface area (Å²) in [7, 11) is 0. The number of hydrogen-bond acceptors (Lipinski definition) is 8. The van der Waals surface area contributed by atoms with Gasteiger partial charge >= 0.3 is 0 Å². The summed E-state index contributed by atoms with van der Waals surface area (Å²) in [6.07, 6.45) is 2.11. The molecule has 7 nitrogen and oxygen atoms in total. The van der Waals surface area contributed by atoms with Crippen LogP contribution < -0.4 is 0 Å². The lowest BCUT2D eigenvalue weighted by atomic mass is 9.97. The predicted molar refractivity (Wildman–Crippen MR) is 132 cm³/mol. The van der Waals surface area contributed by atoms with Gasteiger partial charge in [-0.15, -0.1) is 21.5 Å². The Morgan fingerprint density at radius 1 is 1.09 bits per heavy atom. The van der Waals surface area contributed by atoms with Gasteiger partial charge in [0.2, 0.25) is 5.89 Å². The lowest BCUT2D eigenvalue weighted by molar-refractivity contribution is 0.188. The number of halogens is 1. The standard InChI is InChI=1S/C25H22ClN5O2S/c1-15-22(23(30-33-15)16-5-3-2-4-6-16)24-29-28-21(32-24)14-31-11-9-17(10-12-31)25-27-19-13-18(26)7-8-20(19)34-25/h2-8,13,17H,9-12,14H2,1H3. The highest BCUT2D eigenvalue weighted by Gasteiger charge is 2.26. The van der Waals surface area contributed by atoms with E-state index in [2.05, 4.69) is 26.3 Å². The third-order valence-corrected chi connectivity index (χ3v) is 7.69. The van der Waals surface area contributed by atoms with Gasteiger partial charge in [0.15, 0.2) is 0 Å². The summed E-state index contributed by atoms with van der Waals surface area (Å²) in [6.45, 7) is 4.40. The molecule has 0 spiro atoms. The molecule has 4 heterocycles. The van der Waals surface area contributed by atoms with Gasteiger partial charge in [0, 0.05) is 16.5 Å². The van der Waals surface area contributed by atoms with E-state index in [1.165, 1.54) is 9.71 Å². The summed E-state index contributed by atoms with van der Waals surface area (Å²) >= 11 is 7.90. The molecule has 1 saturated heterocycles. The molecular formula is C25H22ClN5O2S. The Morgan fingerprint density at radius 2 is 1.91 bits per heavy atom. The van der Waals surface area contributed by atoms with Crippen LogP contribution in [0.2, 0.25) is 5.02 Å². The normalized spacial score (nSPS) is 15.4. The first-order chi connectivity index (χ1) is 16.6. The van der Waals surface area contributed by atoms with Crippen LogP contribution in [0.25, 0.3) is 32.9 Å². The Labute approximate surface area is 205 Å². The van der Waals surface area contributed by atoms with E-state index >= 15 is 0 Å². The summed E-state index contributed by atoms with van der Waals surface area (Å²) in [6, 6.07) is 15.8. The highest BCUT2D eigenvalue weighted by molar-refractivity contribution is 7.18. The second-order valence-corrected chi connectivity index (χ2v) is 10.0. The van der Waals surface area contributed by atoms with Crippen molar-refractivity contribution in [3.63, 3.8) is 0 Å². The van der Waals surface area contributed by atoms with E-state index in [0.717, 1.165) is 47.6 Å². The number of rotatable bonds is 5. The van der Waals surface area contributed by atoms with Gasteiger partial charge in [0.25, 0.3) is 5.89 Å². The molecule has 3 aromatic heterocycles. The molecule has 0 unspecified atom stereocenters. The van der Waals surface area contributed by atoms with Crippen molar-refractivity contribution in [1.82, 2.24) is 25.2 Å². The van der Waals surface area contributed by atoms with Gasteiger partial charge in [-0.3, -0.25) is 4.90 Å². The molecule has 1 aliphatic rings. The van der Waals surface area contributed by atoms with Crippen LogP contribution in [-0.4, -0.2) is 38.3 Å². The number of aromatic nitrogens is 4. The molecule has 9 heteroatoms. The number of benzene rings is 2. The van der Waals surface area contributed by atoms with Gasteiger partial charge in [-0.2, -0.15) is 0 Å². The largest absolute Gasteiger partial charge is 0.419 e. The number of fused-ring (bicyclic) bond motifs is 1.